The van der Waals surface area contributed by atoms with Gasteiger partial charge in [0.25, 0.3) is 5.56 Å². The van der Waals surface area contributed by atoms with Gasteiger partial charge in [0.15, 0.2) is 5.16 Å². The normalized spacial score (nSPS) is 11.4. The highest BCUT2D eigenvalue weighted by atomic mass is 32.2. The Hall–Kier alpha value is -3.57. The maximum absolute atomic E-state index is 13.7. The second kappa shape index (κ2) is 9.35. The molecule has 170 valence electrons. The van der Waals surface area contributed by atoms with Gasteiger partial charge in [-0.1, -0.05) is 92.3 Å². The predicted octanol–water partition coefficient (Wildman–Crippen LogP) is 7.10. The van der Waals surface area contributed by atoms with Crippen LogP contribution in [-0.2, 0) is 5.75 Å². The van der Waals surface area contributed by atoms with Gasteiger partial charge >= 0.3 is 0 Å². The molecule has 3 aromatic carbocycles. The van der Waals surface area contributed by atoms with Crippen LogP contribution in [0.15, 0.2) is 95.0 Å². The number of hydrogen-bond donors (Lipinski definition) is 1. The van der Waals surface area contributed by atoms with E-state index < -0.39 is 0 Å². The fraction of sp³-hybridized carbons (Fsp3) is 0.172. The second-order valence-electron chi connectivity index (χ2n) is 8.85. The first-order chi connectivity index (χ1) is 16.5. The van der Waals surface area contributed by atoms with Crippen LogP contribution in [-0.4, -0.2) is 14.5 Å². The molecule has 0 aliphatic rings. The zero-order valence-electron chi connectivity index (χ0n) is 19.6. The van der Waals surface area contributed by atoms with Gasteiger partial charge in [-0.2, -0.15) is 0 Å². The van der Waals surface area contributed by atoms with Crippen LogP contribution in [0.4, 0.5) is 0 Å². The van der Waals surface area contributed by atoms with Crippen LogP contribution >= 0.6 is 11.8 Å². The number of aryl methyl sites for hydroxylation is 1. The number of fused-ring (bicyclic) bond motifs is 1. The summed E-state index contributed by atoms with van der Waals surface area (Å²) in [6.07, 6.45) is 1.88. The predicted molar refractivity (Wildman–Crippen MR) is 142 cm³/mol. The van der Waals surface area contributed by atoms with Crippen LogP contribution in [0.5, 0.6) is 0 Å². The SMILES string of the molecule is Cc1cccc(-n2c(SCc3ccc(C(C)C)cc3)nc3c(-c4ccccc4)c[nH]c3c2=O)c1. The summed E-state index contributed by atoms with van der Waals surface area (Å²) in [5.74, 6) is 1.23. The number of H-pyrrole nitrogens is 1. The molecule has 4 nitrogen and oxygen atoms in total. The standard InChI is InChI=1S/C29H27N3OS/c1-19(2)22-14-12-21(13-15-22)18-34-29-31-26-25(23-9-5-4-6-10-23)17-30-27(26)28(33)32(29)24-11-7-8-20(3)16-24/h4-17,19,30H,18H2,1-3H3. The van der Waals surface area contributed by atoms with Crippen molar-refractivity contribution in [3.05, 3.63) is 112 Å². The Bertz CT molecular complexity index is 1500. The van der Waals surface area contributed by atoms with Gasteiger partial charge in [0.2, 0.25) is 0 Å². The van der Waals surface area contributed by atoms with Gasteiger partial charge in [0.1, 0.15) is 11.0 Å². The third-order valence-electron chi connectivity index (χ3n) is 6.03. The summed E-state index contributed by atoms with van der Waals surface area (Å²) in [6.45, 7) is 6.43. The molecule has 5 rings (SSSR count). The summed E-state index contributed by atoms with van der Waals surface area (Å²) in [7, 11) is 0. The lowest BCUT2D eigenvalue weighted by molar-refractivity contribution is 0.817. The molecule has 0 fully saturated rings. The molecule has 1 N–H and O–H groups in total. The van der Waals surface area contributed by atoms with Crippen LogP contribution in [0.3, 0.4) is 0 Å². The monoisotopic (exact) mass is 465 g/mol. The third-order valence-corrected chi connectivity index (χ3v) is 7.04. The maximum atomic E-state index is 13.7. The van der Waals surface area contributed by atoms with Gasteiger partial charge in [-0.15, -0.1) is 0 Å². The summed E-state index contributed by atoms with van der Waals surface area (Å²) < 4.78 is 1.73. The number of hydrogen-bond acceptors (Lipinski definition) is 3. The molecular formula is C29H27N3OS. The van der Waals surface area contributed by atoms with Gasteiger partial charge in [-0.05, 0) is 47.2 Å². The van der Waals surface area contributed by atoms with Gasteiger partial charge < -0.3 is 4.98 Å². The van der Waals surface area contributed by atoms with E-state index in [-0.39, 0.29) is 5.56 Å². The van der Waals surface area contributed by atoms with Crippen LogP contribution in [0.25, 0.3) is 27.8 Å². The number of benzene rings is 3. The number of aromatic amines is 1. The van der Waals surface area contributed by atoms with Crippen molar-refractivity contribution in [1.29, 1.82) is 0 Å². The lowest BCUT2D eigenvalue weighted by Crippen LogP contribution is -2.22. The van der Waals surface area contributed by atoms with Gasteiger partial charge in [-0.3, -0.25) is 9.36 Å². The minimum absolute atomic E-state index is 0.0876. The van der Waals surface area contributed by atoms with E-state index >= 15 is 0 Å². The average molecular weight is 466 g/mol. The summed E-state index contributed by atoms with van der Waals surface area (Å²) in [5.41, 5.74) is 7.57. The number of thioether (sulfide) groups is 1. The summed E-state index contributed by atoms with van der Waals surface area (Å²) in [6, 6.07) is 26.8. The molecule has 2 heterocycles. The molecule has 5 aromatic rings. The molecule has 0 bridgehead atoms. The molecule has 0 spiro atoms. The molecule has 0 radical (unpaired) electrons. The van der Waals surface area contributed by atoms with Crippen molar-refractivity contribution in [2.75, 3.05) is 0 Å². The van der Waals surface area contributed by atoms with Crippen molar-refractivity contribution in [3.8, 4) is 16.8 Å². The van der Waals surface area contributed by atoms with E-state index in [0.29, 0.717) is 22.1 Å². The second-order valence-corrected chi connectivity index (χ2v) is 9.79. The zero-order chi connectivity index (χ0) is 23.7. The van der Waals surface area contributed by atoms with Gasteiger partial charge in [0, 0.05) is 17.5 Å². The van der Waals surface area contributed by atoms with Crippen molar-refractivity contribution in [1.82, 2.24) is 14.5 Å². The van der Waals surface area contributed by atoms with Gasteiger partial charge in [0.05, 0.1) is 5.69 Å². The number of nitrogens with zero attached hydrogens (tertiary/aromatic N) is 2. The van der Waals surface area contributed by atoms with E-state index in [1.165, 1.54) is 11.1 Å². The fourth-order valence-corrected chi connectivity index (χ4v) is 5.08. The average Bonchev–Trinajstić information content (AvgIpc) is 3.28. The molecule has 0 saturated heterocycles. The van der Waals surface area contributed by atoms with Crippen molar-refractivity contribution >= 4 is 22.8 Å². The first-order valence-corrected chi connectivity index (χ1v) is 12.5. The minimum Gasteiger partial charge on any atom is -0.355 e. The summed E-state index contributed by atoms with van der Waals surface area (Å²) >= 11 is 1.59. The Labute approximate surface area is 203 Å². The van der Waals surface area contributed by atoms with E-state index in [2.05, 4.69) is 43.1 Å². The Kier molecular flexibility index (Phi) is 6.12. The molecule has 0 atom stereocenters. The first-order valence-electron chi connectivity index (χ1n) is 11.5. The molecule has 0 aliphatic heterocycles. The van der Waals surface area contributed by atoms with Crippen molar-refractivity contribution in [2.45, 2.75) is 37.6 Å². The molecule has 5 heteroatoms. The highest BCUT2D eigenvalue weighted by Crippen LogP contribution is 2.30. The maximum Gasteiger partial charge on any atom is 0.283 e. The molecule has 0 aliphatic carbocycles. The fourth-order valence-electron chi connectivity index (χ4n) is 4.12. The van der Waals surface area contributed by atoms with Crippen LogP contribution in [0.1, 0.15) is 36.5 Å². The summed E-state index contributed by atoms with van der Waals surface area (Å²) in [5, 5.41) is 0.688. The highest BCUT2D eigenvalue weighted by molar-refractivity contribution is 7.98. The highest BCUT2D eigenvalue weighted by Gasteiger charge is 2.18. The largest absolute Gasteiger partial charge is 0.355 e. The molecule has 0 amide bonds. The number of nitrogens with one attached hydrogen (secondary N) is 1. The van der Waals surface area contributed by atoms with Crippen LogP contribution in [0.2, 0.25) is 0 Å². The Balaban J connectivity index is 1.62. The summed E-state index contributed by atoms with van der Waals surface area (Å²) in [4.78, 5) is 21.9. The molecule has 34 heavy (non-hydrogen) atoms. The minimum atomic E-state index is -0.0876. The quantitative estimate of drug-likeness (QED) is 0.215. The van der Waals surface area contributed by atoms with Crippen LogP contribution < -0.4 is 5.56 Å². The van der Waals surface area contributed by atoms with Gasteiger partial charge in [-0.25, -0.2) is 4.98 Å². The number of rotatable bonds is 6. The first kappa shape index (κ1) is 22.2. The molecule has 0 unspecified atom stereocenters. The van der Waals surface area contributed by atoms with E-state index in [0.717, 1.165) is 28.1 Å². The molecule has 0 saturated carbocycles. The van der Waals surface area contributed by atoms with Crippen molar-refractivity contribution < 1.29 is 0 Å². The van der Waals surface area contributed by atoms with E-state index in [9.17, 15) is 4.79 Å². The Morgan fingerprint density at radius 2 is 1.74 bits per heavy atom. The number of aromatic nitrogens is 3. The zero-order valence-corrected chi connectivity index (χ0v) is 20.4. The van der Waals surface area contributed by atoms with Crippen molar-refractivity contribution in [3.63, 3.8) is 0 Å². The van der Waals surface area contributed by atoms with E-state index in [1.54, 1.807) is 16.3 Å². The van der Waals surface area contributed by atoms with E-state index in [1.807, 2.05) is 67.7 Å². The Morgan fingerprint density at radius 3 is 2.44 bits per heavy atom. The van der Waals surface area contributed by atoms with Crippen molar-refractivity contribution in [2.24, 2.45) is 0 Å². The lowest BCUT2D eigenvalue weighted by Gasteiger charge is -2.13. The van der Waals surface area contributed by atoms with Crippen LogP contribution in [0, 0.1) is 6.92 Å². The Morgan fingerprint density at radius 1 is 0.971 bits per heavy atom. The topological polar surface area (TPSA) is 50.7 Å². The molecular weight excluding hydrogens is 438 g/mol. The smallest absolute Gasteiger partial charge is 0.283 e. The lowest BCUT2D eigenvalue weighted by atomic mass is 10.0. The molecule has 2 aromatic heterocycles. The third kappa shape index (κ3) is 4.31. The van der Waals surface area contributed by atoms with E-state index in [4.69, 9.17) is 4.98 Å².